The van der Waals surface area contributed by atoms with Gasteiger partial charge in [0, 0.05) is 28.8 Å². The Kier molecular flexibility index (Phi) is 7.53. The molecule has 0 heterocycles. The molecule has 0 aromatic heterocycles. The lowest BCUT2D eigenvalue weighted by atomic mass is 9.95. The molecule has 0 bridgehead atoms. The van der Waals surface area contributed by atoms with Gasteiger partial charge in [-0.3, -0.25) is 15.6 Å². The lowest BCUT2D eigenvalue weighted by Gasteiger charge is -2.23. The maximum absolute atomic E-state index is 13.1. The molecule has 8 heteroatoms. The summed E-state index contributed by atoms with van der Waals surface area (Å²) >= 11 is 0. The second-order valence-corrected chi connectivity index (χ2v) is 9.03. The first-order valence-corrected chi connectivity index (χ1v) is 12.0. The Hall–Kier alpha value is -4.33. The van der Waals surface area contributed by atoms with E-state index in [1.54, 1.807) is 60.7 Å². The molecule has 1 aliphatic rings. The van der Waals surface area contributed by atoms with Crippen LogP contribution in [-0.4, -0.2) is 23.6 Å². The molecule has 1 fully saturated rings. The molecule has 7 N–H and O–H groups in total. The van der Waals surface area contributed by atoms with E-state index in [0.717, 1.165) is 31.2 Å². The molecule has 3 aromatic rings. The van der Waals surface area contributed by atoms with E-state index in [-0.39, 0.29) is 23.6 Å². The number of hydrogen-bond acceptors (Lipinski definition) is 5. The first-order chi connectivity index (χ1) is 17.3. The van der Waals surface area contributed by atoms with Crippen LogP contribution in [-0.2, 0) is 0 Å². The molecule has 36 heavy (non-hydrogen) atoms. The van der Waals surface area contributed by atoms with Gasteiger partial charge in [-0.25, -0.2) is 0 Å². The summed E-state index contributed by atoms with van der Waals surface area (Å²) in [6, 6.07) is 17.4. The molecular formula is C28H31N5O3. The number of nitrogens with two attached hydrogens (primary N) is 2. The second-order valence-electron chi connectivity index (χ2n) is 9.03. The van der Waals surface area contributed by atoms with Crippen LogP contribution >= 0.6 is 0 Å². The average molecular weight is 486 g/mol. The van der Waals surface area contributed by atoms with Crippen molar-refractivity contribution in [2.45, 2.75) is 45.1 Å². The Morgan fingerprint density at radius 1 is 0.778 bits per heavy atom. The zero-order valence-electron chi connectivity index (χ0n) is 20.3. The molecule has 0 atom stereocenters. The van der Waals surface area contributed by atoms with Gasteiger partial charge in [-0.1, -0.05) is 19.3 Å². The van der Waals surface area contributed by atoms with Crippen LogP contribution in [0.25, 0.3) is 0 Å². The minimum Gasteiger partial charge on any atom is -0.457 e. The third-order valence-electron chi connectivity index (χ3n) is 6.21. The normalized spacial score (nSPS) is 13.6. The van der Waals surface area contributed by atoms with Crippen LogP contribution in [0.5, 0.6) is 23.0 Å². The van der Waals surface area contributed by atoms with Crippen molar-refractivity contribution >= 4 is 17.6 Å². The number of rotatable bonds is 8. The van der Waals surface area contributed by atoms with Crippen molar-refractivity contribution in [3.05, 3.63) is 82.9 Å². The van der Waals surface area contributed by atoms with E-state index in [1.807, 2.05) is 6.92 Å². The highest BCUT2D eigenvalue weighted by Crippen LogP contribution is 2.31. The fourth-order valence-corrected chi connectivity index (χ4v) is 4.31. The Labute approximate surface area is 210 Å². The smallest absolute Gasteiger partial charge is 0.251 e. The van der Waals surface area contributed by atoms with Gasteiger partial charge in [0.25, 0.3) is 5.91 Å². The maximum atomic E-state index is 13.1. The Balaban J connectivity index is 1.61. The number of benzene rings is 3. The van der Waals surface area contributed by atoms with Crippen molar-refractivity contribution in [2.24, 2.45) is 11.5 Å². The highest BCUT2D eigenvalue weighted by atomic mass is 16.5. The van der Waals surface area contributed by atoms with Gasteiger partial charge >= 0.3 is 0 Å². The van der Waals surface area contributed by atoms with Gasteiger partial charge in [0.15, 0.2) is 0 Å². The highest BCUT2D eigenvalue weighted by Gasteiger charge is 2.18. The second kappa shape index (κ2) is 10.9. The van der Waals surface area contributed by atoms with Crippen LogP contribution in [0.4, 0.5) is 0 Å². The maximum Gasteiger partial charge on any atom is 0.251 e. The number of nitrogen functional groups attached to an aromatic ring is 2. The number of hydrogen-bond donors (Lipinski definition) is 5. The van der Waals surface area contributed by atoms with Crippen LogP contribution in [0, 0.1) is 17.7 Å². The van der Waals surface area contributed by atoms with Gasteiger partial charge in [0.2, 0.25) is 0 Å². The number of carbonyl (C=O) groups is 1. The van der Waals surface area contributed by atoms with Gasteiger partial charge in [0.05, 0.1) is 0 Å². The van der Waals surface area contributed by atoms with Crippen LogP contribution < -0.4 is 26.3 Å². The van der Waals surface area contributed by atoms with E-state index < -0.39 is 0 Å². The summed E-state index contributed by atoms with van der Waals surface area (Å²) < 4.78 is 12.1. The molecule has 0 unspecified atom stereocenters. The summed E-state index contributed by atoms with van der Waals surface area (Å²) in [4.78, 5) is 13.1. The molecule has 0 spiro atoms. The molecule has 1 aliphatic carbocycles. The van der Waals surface area contributed by atoms with Crippen molar-refractivity contribution in [2.75, 3.05) is 0 Å². The van der Waals surface area contributed by atoms with E-state index in [1.165, 1.54) is 6.42 Å². The fourth-order valence-electron chi connectivity index (χ4n) is 4.31. The zero-order chi connectivity index (χ0) is 25.7. The molecule has 1 saturated carbocycles. The van der Waals surface area contributed by atoms with Gasteiger partial charge in [-0.05, 0) is 79.9 Å². The van der Waals surface area contributed by atoms with Crippen LogP contribution in [0.3, 0.4) is 0 Å². The molecule has 0 aliphatic heterocycles. The van der Waals surface area contributed by atoms with E-state index in [9.17, 15) is 4.79 Å². The number of amidine groups is 2. The summed E-state index contributed by atoms with van der Waals surface area (Å²) in [5.74, 6) is 1.77. The van der Waals surface area contributed by atoms with E-state index in [4.69, 9.17) is 31.8 Å². The van der Waals surface area contributed by atoms with Gasteiger partial charge in [0.1, 0.15) is 34.7 Å². The van der Waals surface area contributed by atoms with Crippen molar-refractivity contribution in [1.29, 1.82) is 10.8 Å². The van der Waals surface area contributed by atoms with Crippen LogP contribution in [0.15, 0.2) is 60.7 Å². The minimum atomic E-state index is -0.174. The van der Waals surface area contributed by atoms with E-state index in [2.05, 4.69) is 5.32 Å². The Morgan fingerprint density at radius 3 is 1.97 bits per heavy atom. The van der Waals surface area contributed by atoms with Crippen LogP contribution in [0.2, 0.25) is 0 Å². The summed E-state index contributed by atoms with van der Waals surface area (Å²) in [6.45, 7) is 1.86. The SMILES string of the molecule is Cc1cc(Oc2cc(Oc3ccc(C(=N)N)cc3)cc(C(=O)NC3CCCCC3)c2)ccc1C(=N)N. The Morgan fingerprint density at radius 2 is 1.39 bits per heavy atom. The molecule has 8 nitrogen and oxygen atoms in total. The van der Waals surface area contributed by atoms with Crippen molar-refractivity contribution < 1.29 is 14.3 Å². The number of nitrogens with one attached hydrogen (secondary N) is 3. The summed E-state index contributed by atoms with van der Waals surface area (Å²) in [7, 11) is 0. The molecule has 186 valence electrons. The predicted molar refractivity (Wildman–Crippen MR) is 141 cm³/mol. The number of ether oxygens (including phenoxy) is 2. The van der Waals surface area contributed by atoms with Crippen LogP contribution in [0.1, 0.15) is 59.2 Å². The standard InChI is InChI=1S/C28H31N5O3/c1-17-13-22(11-12-25(17)27(31)32)36-24-15-19(28(34)33-20-5-3-2-4-6-20)14-23(16-24)35-21-9-7-18(8-10-21)26(29)30/h7-16,20H,2-6H2,1H3,(H3,29,30)(H3,31,32)(H,33,34). The summed E-state index contributed by atoms with van der Waals surface area (Å²) in [6.07, 6.45) is 5.41. The topological polar surface area (TPSA) is 147 Å². The number of carbonyl (C=O) groups excluding carboxylic acids is 1. The van der Waals surface area contributed by atoms with E-state index in [0.29, 0.717) is 39.7 Å². The van der Waals surface area contributed by atoms with Crippen molar-refractivity contribution in [1.82, 2.24) is 5.32 Å². The lowest BCUT2D eigenvalue weighted by molar-refractivity contribution is 0.0927. The summed E-state index contributed by atoms with van der Waals surface area (Å²) in [5, 5.41) is 18.4. The molecule has 0 radical (unpaired) electrons. The lowest BCUT2D eigenvalue weighted by Crippen LogP contribution is -2.36. The first kappa shape index (κ1) is 24.8. The minimum absolute atomic E-state index is 0.00749. The van der Waals surface area contributed by atoms with Gasteiger partial charge < -0.3 is 26.3 Å². The molecule has 4 rings (SSSR count). The highest BCUT2D eigenvalue weighted by molar-refractivity contribution is 5.97. The van der Waals surface area contributed by atoms with Gasteiger partial charge in [-0.2, -0.15) is 0 Å². The molecular weight excluding hydrogens is 454 g/mol. The molecule has 0 saturated heterocycles. The van der Waals surface area contributed by atoms with E-state index >= 15 is 0 Å². The third kappa shape index (κ3) is 6.21. The average Bonchev–Trinajstić information content (AvgIpc) is 2.84. The monoisotopic (exact) mass is 485 g/mol. The number of aryl methyl sites for hydroxylation is 1. The largest absolute Gasteiger partial charge is 0.457 e. The molecule has 3 aromatic carbocycles. The quantitative estimate of drug-likeness (QED) is 0.219. The van der Waals surface area contributed by atoms with Crippen molar-refractivity contribution in [3.8, 4) is 23.0 Å². The summed E-state index contributed by atoms with van der Waals surface area (Å²) in [5.41, 5.74) is 13.7. The predicted octanol–water partition coefficient (Wildman–Crippen LogP) is 5.21. The fraction of sp³-hybridized carbons (Fsp3) is 0.250. The van der Waals surface area contributed by atoms with Gasteiger partial charge in [-0.15, -0.1) is 0 Å². The van der Waals surface area contributed by atoms with Crippen molar-refractivity contribution in [3.63, 3.8) is 0 Å². The third-order valence-corrected chi connectivity index (χ3v) is 6.21. The first-order valence-electron chi connectivity index (χ1n) is 12.0. The molecule has 1 amide bonds. The number of amides is 1. The Bertz CT molecular complexity index is 1280. The zero-order valence-corrected chi connectivity index (χ0v) is 20.3.